The van der Waals surface area contributed by atoms with Crippen LogP contribution in [0.25, 0.3) is 10.6 Å². The summed E-state index contributed by atoms with van der Waals surface area (Å²) in [4.78, 5) is 19.8. The highest BCUT2D eigenvalue weighted by atomic mass is 32.1. The zero-order valence-electron chi connectivity index (χ0n) is 20.4. The topological polar surface area (TPSA) is 51.7 Å². The number of rotatable bonds is 9. The van der Waals surface area contributed by atoms with Crippen molar-refractivity contribution in [2.24, 2.45) is 0 Å². The van der Waals surface area contributed by atoms with Crippen LogP contribution in [0.5, 0.6) is 5.75 Å². The minimum atomic E-state index is -4.35. The molecule has 188 valence electrons. The number of nitrogens with zero attached hydrogens (tertiary/aromatic N) is 2. The van der Waals surface area contributed by atoms with Gasteiger partial charge in [-0.15, -0.1) is 11.3 Å². The normalized spacial score (nSPS) is 12.1. The van der Waals surface area contributed by atoms with Crippen LogP contribution in [0.4, 0.5) is 13.2 Å². The Bertz CT molecular complexity index is 1140. The smallest absolute Gasteiger partial charge is 0.416 e. The molecule has 5 nitrogen and oxygen atoms in total. The molecule has 0 spiro atoms. The molecule has 35 heavy (non-hydrogen) atoms. The predicted molar refractivity (Wildman–Crippen MR) is 130 cm³/mol. The lowest BCUT2D eigenvalue weighted by molar-refractivity contribution is -0.158. The number of aromatic nitrogens is 1. The molecular weight excluding hydrogens is 477 g/mol. The Labute approximate surface area is 207 Å². The van der Waals surface area contributed by atoms with Gasteiger partial charge < -0.3 is 9.47 Å². The van der Waals surface area contributed by atoms with Gasteiger partial charge in [-0.25, -0.2) is 9.78 Å². The van der Waals surface area contributed by atoms with E-state index in [1.807, 2.05) is 38.2 Å². The average molecular weight is 507 g/mol. The highest BCUT2D eigenvalue weighted by Gasteiger charge is 2.32. The first kappa shape index (κ1) is 26.7. The second-order valence-electron chi connectivity index (χ2n) is 8.75. The van der Waals surface area contributed by atoms with E-state index in [1.165, 1.54) is 23.5 Å². The van der Waals surface area contributed by atoms with Gasteiger partial charge in [0, 0.05) is 23.5 Å². The number of esters is 1. The number of ether oxygens (including phenoxy) is 2. The Hall–Kier alpha value is -2.91. The fourth-order valence-corrected chi connectivity index (χ4v) is 4.56. The van der Waals surface area contributed by atoms with Crippen LogP contribution in [-0.4, -0.2) is 35.1 Å². The first-order valence-electron chi connectivity index (χ1n) is 11.2. The van der Waals surface area contributed by atoms with E-state index in [0.29, 0.717) is 36.0 Å². The number of carbonyl (C=O) groups excluding carboxylic acids is 1. The van der Waals surface area contributed by atoms with Crippen LogP contribution in [0, 0.1) is 6.92 Å². The summed E-state index contributed by atoms with van der Waals surface area (Å²) in [6.07, 6.45) is -4.35. The second kappa shape index (κ2) is 10.8. The number of thiazole rings is 1. The summed E-state index contributed by atoms with van der Waals surface area (Å²) in [6.45, 7) is 8.62. The molecule has 2 aromatic carbocycles. The summed E-state index contributed by atoms with van der Waals surface area (Å²) < 4.78 is 49.3. The Balaban J connectivity index is 1.61. The Morgan fingerprint density at radius 2 is 1.66 bits per heavy atom. The molecule has 0 bridgehead atoms. The number of halogens is 3. The average Bonchev–Trinajstić information content (AvgIpc) is 3.14. The van der Waals surface area contributed by atoms with Gasteiger partial charge in [-0.05, 0) is 64.6 Å². The molecule has 0 amide bonds. The van der Waals surface area contributed by atoms with Crippen molar-refractivity contribution >= 4 is 17.3 Å². The van der Waals surface area contributed by atoms with Crippen molar-refractivity contribution in [3.05, 3.63) is 70.2 Å². The molecule has 0 aliphatic rings. The van der Waals surface area contributed by atoms with Crippen molar-refractivity contribution < 1.29 is 27.4 Å². The van der Waals surface area contributed by atoms with Crippen molar-refractivity contribution in [1.29, 1.82) is 0 Å². The number of alkyl halides is 3. The summed E-state index contributed by atoms with van der Waals surface area (Å²) in [6, 6.07) is 12.6. The summed E-state index contributed by atoms with van der Waals surface area (Å²) in [5.74, 6) is 0.161. The standard InChI is InChI=1S/C26H29F3N2O3S/c1-6-33-24(32)25(3,4)34-21-13-7-18(8-14-21)15-31(5)16-22-17(2)30-23(35-22)19-9-11-20(12-10-19)26(27,28)29/h7-14H,6,15-16H2,1-5H3. The van der Waals surface area contributed by atoms with Crippen LogP contribution in [0.15, 0.2) is 48.5 Å². The number of hydrogen-bond donors (Lipinski definition) is 0. The maximum Gasteiger partial charge on any atom is 0.416 e. The molecule has 0 N–H and O–H groups in total. The molecule has 0 aliphatic heterocycles. The SMILES string of the molecule is CCOC(=O)C(C)(C)Oc1ccc(CN(C)Cc2sc(-c3ccc(C(F)(F)F)cc3)nc2C)cc1. The highest BCUT2D eigenvalue weighted by molar-refractivity contribution is 7.15. The van der Waals surface area contributed by atoms with Gasteiger partial charge in [-0.2, -0.15) is 13.2 Å². The summed E-state index contributed by atoms with van der Waals surface area (Å²) in [5.41, 5.74) is 0.847. The fourth-order valence-electron chi connectivity index (χ4n) is 3.42. The van der Waals surface area contributed by atoms with E-state index in [1.54, 1.807) is 20.8 Å². The van der Waals surface area contributed by atoms with E-state index in [2.05, 4.69) is 9.88 Å². The number of hydrogen-bond acceptors (Lipinski definition) is 6. The zero-order valence-corrected chi connectivity index (χ0v) is 21.2. The molecule has 9 heteroatoms. The molecular formula is C26H29F3N2O3S. The van der Waals surface area contributed by atoms with Crippen LogP contribution >= 0.6 is 11.3 Å². The van der Waals surface area contributed by atoms with Crippen molar-refractivity contribution in [3.63, 3.8) is 0 Å². The molecule has 0 atom stereocenters. The van der Waals surface area contributed by atoms with Crippen LogP contribution < -0.4 is 4.74 Å². The quantitative estimate of drug-likeness (QED) is 0.311. The van der Waals surface area contributed by atoms with Gasteiger partial charge in [0.05, 0.1) is 17.9 Å². The molecule has 3 aromatic rings. The van der Waals surface area contributed by atoms with Crippen LogP contribution in [-0.2, 0) is 28.8 Å². The van der Waals surface area contributed by atoms with Crippen molar-refractivity contribution in [1.82, 2.24) is 9.88 Å². The van der Waals surface area contributed by atoms with E-state index in [0.717, 1.165) is 28.3 Å². The minimum absolute atomic E-state index is 0.294. The van der Waals surface area contributed by atoms with E-state index in [4.69, 9.17) is 9.47 Å². The highest BCUT2D eigenvalue weighted by Crippen LogP contribution is 2.33. The molecule has 0 unspecified atom stereocenters. The van der Waals surface area contributed by atoms with Gasteiger partial charge in [0.1, 0.15) is 10.8 Å². The maximum atomic E-state index is 12.8. The van der Waals surface area contributed by atoms with E-state index < -0.39 is 23.3 Å². The van der Waals surface area contributed by atoms with Gasteiger partial charge in [0.25, 0.3) is 0 Å². The monoisotopic (exact) mass is 506 g/mol. The number of benzene rings is 2. The van der Waals surface area contributed by atoms with Gasteiger partial charge >= 0.3 is 12.1 Å². The van der Waals surface area contributed by atoms with Gasteiger partial charge in [-0.3, -0.25) is 4.90 Å². The third kappa shape index (κ3) is 7.05. The molecule has 1 aromatic heterocycles. The van der Waals surface area contributed by atoms with Crippen molar-refractivity contribution in [2.45, 2.75) is 52.6 Å². The Morgan fingerprint density at radius 3 is 2.23 bits per heavy atom. The molecule has 3 rings (SSSR count). The molecule has 0 saturated carbocycles. The molecule has 0 radical (unpaired) electrons. The Kier molecular flexibility index (Phi) is 8.22. The van der Waals surface area contributed by atoms with E-state index in [9.17, 15) is 18.0 Å². The van der Waals surface area contributed by atoms with Crippen LogP contribution in [0.3, 0.4) is 0 Å². The molecule has 0 saturated heterocycles. The lowest BCUT2D eigenvalue weighted by Gasteiger charge is -2.24. The third-order valence-corrected chi connectivity index (χ3v) is 6.47. The minimum Gasteiger partial charge on any atom is -0.476 e. The lowest BCUT2D eigenvalue weighted by Crippen LogP contribution is -2.39. The second-order valence-corrected chi connectivity index (χ2v) is 9.84. The summed E-state index contributed by atoms with van der Waals surface area (Å²) >= 11 is 1.48. The van der Waals surface area contributed by atoms with E-state index in [-0.39, 0.29) is 0 Å². The summed E-state index contributed by atoms with van der Waals surface area (Å²) in [5, 5.41) is 0.699. The first-order valence-corrected chi connectivity index (χ1v) is 12.0. The zero-order chi connectivity index (χ0) is 25.8. The predicted octanol–water partition coefficient (Wildman–Crippen LogP) is 6.49. The van der Waals surface area contributed by atoms with Gasteiger partial charge in [-0.1, -0.05) is 24.3 Å². The van der Waals surface area contributed by atoms with Gasteiger partial charge in [0.2, 0.25) is 0 Å². The molecule has 0 fully saturated rings. The number of aryl methyl sites for hydroxylation is 1. The van der Waals surface area contributed by atoms with E-state index >= 15 is 0 Å². The van der Waals surface area contributed by atoms with Gasteiger partial charge in [0.15, 0.2) is 5.60 Å². The molecule has 1 heterocycles. The summed E-state index contributed by atoms with van der Waals surface area (Å²) in [7, 11) is 1.99. The van der Waals surface area contributed by atoms with Crippen LogP contribution in [0.2, 0.25) is 0 Å². The molecule has 0 aliphatic carbocycles. The maximum absolute atomic E-state index is 12.8. The van der Waals surface area contributed by atoms with Crippen molar-refractivity contribution in [3.8, 4) is 16.3 Å². The Morgan fingerprint density at radius 1 is 1.03 bits per heavy atom. The third-order valence-electron chi connectivity index (χ3n) is 5.28. The van der Waals surface area contributed by atoms with Crippen molar-refractivity contribution in [2.75, 3.05) is 13.7 Å². The fraction of sp³-hybridized carbons (Fsp3) is 0.385. The lowest BCUT2D eigenvalue weighted by atomic mass is 10.1. The largest absolute Gasteiger partial charge is 0.476 e. The number of carbonyl (C=O) groups is 1. The first-order chi connectivity index (χ1) is 16.4. The van der Waals surface area contributed by atoms with Crippen LogP contribution in [0.1, 0.15) is 42.5 Å².